The smallest absolute Gasteiger partial charge is 0.303 e. The number of hydrogen-bond acceptors (Lipinski definition) is 6. The quantitative estimate of drug-likeness (QED) is 0.216. The number of esters is 2. The number of rotatable bonds is 7. The maximum absolute atomic E-state index is 13.5. The van der Waals surface area contributed by atoms with Gasteiger partial charge in [-0.15, -0.1) is 0 Å². The molecule has 3 saturated carbocycles. The number of hydrogen-bond donors (Lipinski definition) is 1. The van der Waals surface area contributed by atoms with Crippen LogP contribution in [-0.4, -0.2) is 41.1 Å². The van der Waals surface area contributed by atoms with Crippen molar-refractivity contribution in [2.75, 3.05) is 0 Å². The molecule has 0 heterocycles. The third-order valence-corrected chi connectivity index (χ3v) is 12.0. The van der Waals surface area contributed by atoms with Crippen LogP contribution in [-0.2, 0) is 23.9 Å². The first kappa shape index (κ1) is 31.0. The van der Waals surface area contributed by atoms with Gasteiger partial charge in [0.1, 0.15) is 18.5 Å². The molecule has 0 aromatic rings. The third kappa shape index (κ3) is 4.90. The Morgan fingerprint density at radius 3 is 2.25 bits per heavy atom. The van der Waals surface area contributed by atoms with Crippen molar-refractivity contribution in [3.8, 4) is 0 Å². The summed E-state index contributed by atoms with van der Waals surface area (Å²) in [5, 5.41) is 10.2. The lowest BCUT2D eigenvalue weighted by atomic mass is 9.38. The fourth-order valence-electron chi connectivity index (χ4n) is 9.94. The molecule has 0 amide bonds. The lowest BCUT2D eigenvalue weighted by Crippen LogP contribution is -2.65. The molecule has 0 aromatic heterocycles. The number of fused-ring (bicyclic) bond motifs is 5. The lowest BCUT2D eigenvalue weighted by Gasteiger charge is -2.66. The molecule has 6 heteroatoms. The van der Waals surface area contributed by atoms with Gasteiger partial charge in [-0.3, -0.25) is 9.59 Å². The van der Waals surface area contributed by atoms with Gasteiger partial charge in [0.15, 0.2) is 0 Å². The molecule has 0 saturated heterocycles. The normalized spacial score (nSPS) is 41.2. The third-order valence-electron chi connectivity index (χ3n) is 12.0. The minimum Gasteiger partial charge on any atom is -0.462 e. The Bertz CT molecular complexity index is 1080. The Balaban J connectivity index is 1.78. The van der Waals surface area contributed by atoms with Crippen molar-refractivity contribution in [3.05, 3.63) is 23.8 Å². The van der Waals surface area contributed by atoms with E-state index >= 15 is 0 Å². The number of carbonyl (C=O) groups is 3. The van der Waals surface area contributed by atoms with Crippen molar-refractivity contribution in [1.29, 1.82) is 0 Å². The van der Waals surface area contributed by atoms with E-state index in [4.69, 9.17) is 9.47 Å². The van der Waals surface area contributed by atoms with Crippen LogP contribution in [0, 0.1) is 45.3 Å². The molecule has 0 spiro atoms. The molecular formula is C34H52O6. The minimum absolute atomic E-state index is 0.0135. The molecule has 0 aromatic carbocycles. The molecule has 3 unspecified atom stereocenters. The average molecular weight is 557 g/mol. The Hall–Kier alpha value is -1.95. The summed E-state index contributed by atoms with van der Waals surface area (Å²) in [6.45, 7) is 17.8. The van der Waals surface area contributed by atoms with Crippen molar-refractivity contribution < 1.29 is 29.0 Å². The second-order valence-corrected chi connectivity index (χ2v) is 15.1. The van der Waals surface area contributed by atoms with E-state index in [1.165, 1.54) is 20.1 Å². The highest BCUT2D eigenvalue weighted by Crippen LogP contribution is 2.75. The van der Waals surface area contributed by atoms with Crippen LogP contribution in [0.5, 0.6) is 0 Å². The van der Waals surface area contributed by atoms with E-state index in [1.807, 2.05) is 6.08 Å². The molecule has 0 aliphatic heterocycles. The van der Waals surface area contributed by atoms with Crippen LogP contribution in [0.4, 0.5) is 0 Å². The predicted octanol–water partition coefficient (Wildman–Crippen LogP) is 6.60. The van der Waals surface area contributed by atoms with E-state index in [0.717, 1.165) is 50.5 Å². The molecule has 1 N–H and O–H groups in total. The van der Waals surface area contributed by atoms with Crippen molar-refractivity contribution in [1.82, 2.24) is 0 Å². The van der Waals surface area contributed by atoms with Gasteiger partial charge < -0.3 is 19.4 Å². The molecular weight excluding hydrogens is 504 g/mol. The fourth-order valence-corrected chi connectivity index (χ4v) is 9.94. The highest BCUT2D eigenvalue weighted by molar-refractivity contribution is 5.69. The lowest BCUT2D eigenvalue weighted by molar-refractivity contribution is -0.195. The fraction of sp³-hybridized carbons (Fsp3) is 0.794. The van der Waals surface area contributed by atoms with Crippen LogP contribution in [0.25, 0.3) is 0 Å². The molecule has 224 valence electrons. The summed E-state index contributed by atoms with van der Waals surface area (Å²) >= 11 is 0. The molecule has 0 bridgehead atoms. The molecule has 3 fully saturated rings. The van der Waals surface area contributed by atoms with Gasteiger partial charge in [-0.05, 0) is 93.5 Å². The van der Waals surface area contributed by atoms with Crippen LogP contribution < -0.4 is 0 Å². The first-order valence-electron chi connectivity index (χ1n) is 15.4. The van der Waals surface area contributed by atoms with Gasteiger partial charge in [-0.25, -0.2) is 0 Å². The van der Waals surface area contributed by atoms with E-state index in [2.05, 4.69) is 46.8 Å². The highest BCUT2D eigenvalue weighted by atomic mass is 16.5. The van der Waals surface area contributed by atoms with Crippen molar-refractivity contribution >= 4 is 18.2 Å². The number of carbonyl (C=O) groups excluding carboxylic acids is 3. The van der Waals surface area contributed by atoms with Gasteiger partial charge in [0, 0.05) is 30.6 Å². The van der Waals surface area contributed by atoms with Crippen LogP contribution in [0.2, 0.25) is 0 Å². The van der Waals surface area contributed by atoms with Crippen molar-refractivity contribution in [2.24, 2.45) is 45.3 Å². The van der Waals surface area contributed by atoms with Gasteiger partial charge in [0.05, 0.1) is 5.60 Å². The number of aldehydes is 1. The zero-order valence-electron chi connectivity index (χ0n) is 26.2. The largest absolute Gasteiger partial charge is 0.462 e. The summed E-state index contributed by atoms with van der Waals surface area (Å²) in [6, 6.07) is 0. The van der Waals surface area contributed by atoms with Crippen LogP contribution >= 0.6 is 0 Å². The summed E-state index contributed by atoms with van der Waals surface area (Å²) in [5.74, 6) is 0.190. The monoisotopic (exact) mass is 556 g/mol. The van der Waals surface area contributed by atoms with Crippen molar-refractivity contribution in [2.45, 2.75) is 125 Å². The topological polar surface area (TPSA) is 89.9 Å². The SMILES string of the molecule is CC(=O)O[C@H]1C=C2C(CC[C@H](OC(C)=O)C2(C)C)[C@]2(C=O)CC[C@]3(C)C(C(C)C/C=C/C(C)(C)O)CC[C@@]3(C)[C@H]12. The van der Waals surface area contributed by atoms with Gasteiger partial charge >= 0.3 is 11.9 Å². The summed E-state index contributed by atoms with van der Waals surface area (Å²) in [6.07, 6.45) is 12.8. The van der Waals surface area contributed by atoms with E-state index in [-0.39, 0.29) is 40.7 Å². The zero-order chi connectivity index (χ0) is 29.9. The summed E-state index contributed by atoms with van der Waals surface area (Å²) in [4.78, 5) is 37.9. The molecule has 4 aliphatic carbocycles. The summed E-state index contributed by atoms with van der Waals surface area (Å²) < 4.78 is 11.9. The van der Waals surface area contributed by atoms with Gasteiger partial charge in [0.2, 0.25) is 0 Å². The number of ether oxygens (including phenoxy) is 2. The Morgan fingerprint density at radius 2 is 1.68 bits per heavy atom. The van der Waals surface area contributed by atoms with Crippen LogP contribution in [0.3, 0.4) is 0 Å². The minimum atomic E-state index is -0.826. The zero-order valence-corrected chi connectivity index (χ0v) is 26.2. The van der Waals surface area contributed by atoms with E-state index in [0.29, 0.717) is 11.8 Å². The number of allylic oxidation sites excluding steroid dienone is 1. The molecule has 4 aliphatic rings. The molecule has 4 rings (SSSR count). The highest BCUT2D eigenvalue weighted by Gasteiger charge is 2.71. The first-order chi connectivity index (χ1) is 18.4. The number of aliphatic hydroxyl groups is 1. The van der Waals surface area contributed by atoms with E-state index in [1.54, 1.807) is 13.8 Å². The maximum Gasteiger partial charge on any atom is 0.303 e. The predicted molar refractivity (Wildman–Crippen MR) is 155 cm³/mol. The average Bonchev–Trinajstić information content (AvgIpc) is 3.10. The summed E-state index contributed by atoms with van der Waals surface area (Å²) in [7, 11) is 0. The molecule has 40 heavy (non-hydrogen) atoms. The molecule has 9 atom stereocenters. The molecule has 6 nitrogen and oxygen atoms in total. The Morgan fingerprint density at radius 1 is 1.02 bits per heavy atom. The Kier molecular flexibility index (Phi) is 8.06. The van der Waals surface area contributed by atoms with Crippen molar-refractivity contribution in [3.63, 3.8) is 0 Å². The van der Waals surface area contributed by atoms with Gasteiger partial charge in [0.25, 0.3) is 0 Å². The first-order valence-corrected chi connectivity index (χ1v) is 15.4. The standard InChI is InChI=1S/C34H52O6/c1-21(11-10-15-30(4,5)38)24-14-16-33(9)29-27(39-22(2)36)19-26-25(34(29,20-35)18-17-32(24,33)8)12-13-28(31(26,6)7)40-23(3)37/h10,15,19-21,24-25,27-29,38H,11-14,16-18H2,1-9H3/b15-10+/t21?,24?,25?,27-,28-,29-,32+,33-,34+/m0/s1. The van der Waals surface area contributed by atoms with E-state index in [9.17, 15) is 19.5 Å². The second kappa shape index (κ2) is 10.4. The van der Waals surface area contributed by atoms with E-state index < -0.39 is 22.5 Å². The van der Waals surface area contributed by atoms with Crippen LogP contribution in [0.1, 0.15) is 107 Å². The second-order valence-electron chi connectivity index (χ2n) is 15.1. The summed E-state index contributed by atoms with van der Waals surface area (Å²) in [5.41, 5.74) is -1.02. The maximum atomic E-state index is 13.5. The van der Waals surface area contributed by atoms with Crippen LogP contribution in [0.15, 0.2) is 23.8 Å². The van der Waals surface area contributed by atoms with Gasteiger partial charge in [-0.2, -0.15) is 0 Å². The Labute approximate surface area is 241 Å². The van der Waals surface area contributed by atoms with Gasteiger partial charge in [-0.1, -0.05) is 52.3 Å². The molecule has 0 radical (unpaired) electrons.